The number of rotatable bonds is 11. The lowest BCUT2D eigenvalue weighted by Gasteiger charge is -2.11. The molecule has 1 amide bonds. The van der Waals surface area contributed by atoms with Crippen molar-refractivity contribution in [2.75, 3.05) is 24.3 Å². The summed E-state index contributed by atoms with van der Waals surface area (Å²) in [5.41, 5.74) is 1.61. The Morgan fingerprint density at radius 2 is 1.84 bits per heavy atom. The zero-order valence-electron chi connectivity index (χ0n) is 18.1. The molecule has 3 rings (SSSR count). The Morgan fingerprint density at radius 1 is 1.06 bits per heavy atom. The van der Waals surface area contributed by atoms with Crippen LogP contribution in [0.4, 0.5) is 5.69 Å². The summed E-state index contributed by atoms with van der Waals surface area (Å²) in [6, 6.07) is 15.2. The van der Waals surface area contributed by atoms with Gasteiger partial charge in [-0.3, -0.25) is 4.79 Å². The molecule has 31 heavy (non-hydrogen) atoms. The van der Waals surface area contributed by atoms with E-state index in [-0.39, 0.29) is 11.7 Å². The largest absolute Gasteiger partial charge is 0.494 e. The van der Waals surface area contributed by atoms with Gasteiger partial charge in [0.1, 0.15) is 11.5 Å². The number of aromatic nitrogens is 3. The average Bonchev–Trinajstić information content (AvgIpc) is 3.15. The third-order valence-electron chi connectivity index (χ3n) is 4.51. The first-order valence-electron chi connectivity index (χ1n) is 10.4. The highest BCUT2D eigenvalue weighted by Crippen LogP contribution is 2.26. The first kappa shape index (κ1) is 22.7. The molecule has 0 saturated heterocycles. The number of carbonyl (C=O) groups is 1. The summed E-state index contributed by atoms with van der Waals surface area (Å²) in [7, 11) is 1.89. The Labute approximate surface area is 187 Å². The van der Waals surface area contributed by atoms with Crippen molar-refractivity contribution in [2.45, 2.75) is 31.8 Å². The monoisotopic (exact) mass is 440 g/mol. The number of benzene rings is 2. The van der Waals surface area contributed by atoms with Crippen molar-refractivity contribution < 1.29 is 14.3 Å². The number of thioether (sulfide) groups is 1. The molecular formula is C23H28N4O3S. The molecule has 164 valence electrons. The van der Waals surface area contributed by atoms with Gasteiger partial charge in [0.25, 0.3) is 0 Å². The first-order valence-corrected chi connectivity index (χ1v) is 11.4. The Kier molecular flexibility index (Phi) is 8.35. The maximum atomic E-state index is 12.4. The van der Waals surface area contributed by atoms with Crippen LogP contribution < -0.4 is 14.8 Å². The number of hydrogen-bond acceptors (Lipinski definition) is 6. The van der Waals surface area contributed by atoms with Crippen LogP contribution in [0.25, 0.3) is 11.4 Å². The van der Waals surface area contributed by atoms with Crippen LogP contribution in [-0.2, 0) is 11.8 Å². The highest BCUT2D eigenvalue weighted by molar-refractivity contribution is 7.99. The van der Waals surface area contributed by atoms with E-state index in [9.17, 15) is 4.79 Å². The van der Waals surface area contributed by atoms with E-state index in [1.807, 2.05) is 67.1 Å². The molecule has 0 fully saturated rings. The molecule has 1 N–H and O–H groups in total. The maximum absolute atomic E-state index is 12.4. The zero-order chi connectivity index (χ0) is 22.1. The van der Waals surface area contributed by atoms with Crippen molar-refractivity contribution in [3.63, 3.8) is 0 Å². The number of ether oxygens (including phenoxy) is 2. The van der Waals surface area contributed by atoms with Crippen molar-refractivity contribution >= 4 is 23.4 Å². The molecule has 0 bridgehead atoms. The van der Waals surface area contributed by atoms with Gasteiger partial charge in [0, 0.05) is 12.6 Å². The van der Waals surface area contributed by atoms with Crippen molar-refractivity contribution in [1.29, 1.82) is 0 Å². The molecule has 0 aliphatic heterocycles. The quantitative estimate of drug-likeness (QED) is 0.341. The number of anilines is 1. The molecule has 0 spiro atoms. The van der Waals surface area contributed by atoms with Gasteiger partial charge in [-0.15, -0.1) is 10.2 Å². The number of hydrogen-bond donors (Lipinski definition) is 1. The zero-order valence-corrected chi connectivity index (χ0v) is 18.9. The molecule has 0 atom stereocenters. The smallest absolute Gasteiger partial charge is 0.234 e. The first-order chi connectivity index (χ1) is 15.1. The summed E-state index contributed by atoms with van der Waals surface area (Å²) in [5, 5.41) is 12.1. The fourth-order valence-electron chi connectivity index (χ4n) is 2.89. The summed E-state index contributed by atoms with van der Waals surface area (Å²) < 4.78 is 13.1. The lowest BCUT2D eigenvalue weighted by molar-refractivity contribution is -0.113. The standard InChI is InChI=1S/C23H28N4O3S/c1-4-6-15-30-18-13-11-17(12-14-18)22-25-26-23(27(22)3)31-16-21(28)24-19-9-7-8-10-20(19)29-5-2/h7-14H,4-6,15-16H2,1-3H3,(H,24,28). The second-order valence-corrected chi connectivity index (χ2v) is 7.80. The second-order valence-electron chi connectivity index (χ2n) is 6.86. The molecule has 0 saturated carbocycles. The highest BCUT2D eigenvalue weighted by Gasteiger charge is 2.14. The molecule has 8 heteroatoms. The Hall–Kier alpha value is -3.00. The minimum atomic E-state index is -0.129. The van der Waals surface area contributed by atoms with Crippen molar-refractivity contribution in [2.24, 2.45) is 7.05 Å². The Balaban J connectivity index is 1.59. The summed E-state index contributed by atoms with van der Waals surface area (Å²) in [5.74, 6) is 2.33. The summed E-state index contributed by atoms with van der Waals surface area (Å²) in [6.45, 7) is 5.31. The molecule has 1 aromatic heterocycles. The Bertz CT molecular complexity index is 989. The lowest BCUT2D eigenvalue weighted by Crippen LogP contribution is -2.15. The third-order valence-corrected chi connectivity index (χ3v) is 5.53. The van der Waals surface area contributed by atoms with Crippen LogP contribution in [0.5, 0.6) is 11.5 Å². The van der Waals surface area contributed by atoms with Crippen LogP contribution in [0, 0.1) is 0 Å². The number of para-hydroxylation sites is 2. The van der Waals surface area contributed by atoms with E-state index >= 15 is 0 Å². The van der Waals surface area contributed by atoms with Gasteiger partial charge >= 0.3 is 0 Å². The summed E-state index contributed by atoms with van der Waals surface area (Å²) >= 11 is 1.34. The molecule has 0 unspecified atom stereocenters. The van der Waals surface area contributed by atoms with Gasteiger partial charge in [-0.1, -0.05) is 37.2 Å². The molecule has 0 aliphatic carbocycles. The molecule has 0 radical (unpaired) electrons. The molecule has 1 heterocycles. The van der Waals surface area contributed by atoms with Gasteiger partial charge < -0.3 is 19.4 Å². The molecular weight excluding hydrogens is 412 g/mol. The Morgan fingerprint density at radius 3 is 2.58 bits per heavy atom. The van der Waals surface area contributed by atoms with Gasteiger partial charge in [-0.2, -0.15) is 0 Å². The van der Waals surface area contributed by atoms with Gasteiger partial charge in [-0.25, -0.2) is 0 Å². The van der Waals surface area contributed by atoms with Crippen LogP contribution in [0.1, 0.15) is 26.7 Å². The number of nitrogens with one attached hydrogen (secondary N) is 1. The van der Waals surface area contributed by atoms with Crippen molar-refractivity contribution in [3.8, 4) is 22.9 Å². The van der Waals surface area contributed by atoms with E-state index in [1.54, 1.807) is 0 Å². The van der Waals surface area contributed by atoms with Gasteiger partial charge in [0.15, 0.2) is 11.0 Å². The number of carbonyl (C=O) groups excluding carboxylic acids is 1. The normalized spacial score (nSPS) is 10.7. The van der Waals surface area contributed by atoms with Gasteiger partial charge in [0.2, 0.25) is 5.91 Å². The predicted molar refractivity (Wildman–Crippen MR) is 124 cm³/mol. The van der Waals surface area contributed by atoms with Crippen LogP contribution in [-0.4, -0.2) is 39.6 Å². The SMILES string of the molecule is CCCCOc1ccc(-c2nnc(SCC(=O)Nc3ccccc3OCC)n2C)cc1. The van der Waals surface area contributed by atoms with Crippen molar-refractivity contribution in [3.05, 3.63) is 48.5 Å². The van der Waals surface area contributed by atoms with Crippen LogP contribution in [0.2, 0.25) is 0 Å². The molecule has 2 aromatic carbocycles. The minimum absolute atomic E-state index is 0.129. The van der Waals surface area contributed by atoms with Crippen molar-refractivity contribution in [1.82, 2.24) is 14.8 Å². The molecule has 3 aromatic rings. The van der Waals surface area contributed by atoms with E-state index < -0.39 is 0 Å². The number of nitrogens with zero attached hydrogens (tertiary/aromatic N) is 3. The summed E-state index contributed by atoms with van der Waals surface area (Å²) in [6.07, 6.45) is 2.14. The second kappa shape index (κ2) is 11.4. The fourth-order valence-corrected chi connectivity index (χ4v) is 3.61. The van der Waals surface area contributed by atoms with E-state index in [0.717, 1.165) is 36.6 Å². The van der Waals surface area contributed by atoms with E-state index in [4.69, 9.17) is 9.47 Å². The summed E-state index contributed by atoms with van der Waals surface area (Å²) in [4.78, 5) is 12.4. The lowest BCUT2D eigenvalue weighted by atomic mass is 10.2. The fraction of sp³-hybridized carbons (Fsp3) is 0.348. The molecule has 0 aliphatic rings. The van der Waals surface area contributed by atoms with E-state index in [2.05, 4.69) is 22.4 Å². The predicted octanol–water partition coefficient (Wildman–Crippen LogP) is 4.79. The van der Waals surface area contributed by atoms with Crippen LogP contribution in [0.15, 0.2) is 53.7 Å². The third kappa shape index (κ3) is 6.24. The maximum Gasteiger partial charge on any atom is 0.234 e. The van der Waals surface area contributed by atoms with E-state index in [1.165, 1.54) is 11.8 Å². The van der Waals surface area contributed by atoms with E-state index in [0.29, 0.717) is 23.2 Å². The number of amides is 1. The van der Waals surface area contributed by atoms with Gasteiger partial charge in [0.05, 0.1) is 24.7 Å². The van der Waals surface area contributed by atoms with Gasteiger partial charge in [-0.05, 0) is 49.7 Å². The molecule has 7 nitrogen and oxygen atoms in total. The topological polar surface area (TPSA) is 78.3 Å². The average molecular weight is 441 g/mol. The number of unbranched alkanes of at least 4 members (excludes halogenated alkanes) is 1. The van der Waals surface area contributed by atoms with Crippen LogP contribution in [0.3, 0.4) is 0 Å². The highest BCUT2D eigenvalue weighted by atomic mass is 32.2. The van der Waals surface area contributed by atoms with Crippen LogP contribution >= 0.6 is 11.8 Å². The minimum Gasteiger partial charge on any atom is -0.494 e.